The van der Waals surface area contributed by atoms with Crippen LogP contribution in [0.15, 0.2) is 59.4 Å². The number of fused-ring (bicyclic) bond motifs is 2. The zero-order chi connectivity index (χ0) is 22.8. The first-order chi connectivity index (χ1) is 16.1. The van der Waals surface area contributed by atoms with Gasteiger partial charge in [-0.05, 0) is 67.7 Å². The number of para-hydroxylation sites is 1. The highest BCUT2D eigenvalue weighted by atomic mass is 16.5. The van der Waals surface area contributed by atoms with Crippen LogP contribution in [0, 0.1) is 5.92 Å². The van der Waals surface area contributed by atoms with E-state index in [9.17, 15) is 9.59 Å². The number of piperidine rings is 1. The number of nitrogens with zero attached hydrogens (tertiary/aromatic N) is 1. The summed E-state index contributed by atoms with van der Waals surface area (Å²) in [5.74, 6) is 0.716. The quantitative estimate of drug-likeness (QED) is 0.439. The molecule has 2 aromatic carbocycles. The van der Waals surface area contributed by atoms with Gasteiger partial charge in [-0.3, -0.25) is 14.5 Å². The topological polar surface area (TPSA) is 87.4 Å². The summed E-state index contributed by atoms with van der Waals surface area (Å²) >= 11 is 0. The molecule has 0 spiro atoms. The maximum absolute atomic E-state index is 12.6. The molecular weight excluding hydrogens is 418 g/mol. The van der Waals surface area contributed by atoms with E-state index >= 15 is 0 Å². The Labute approximate surface area is 191 Å². The van der Waals surface area contributed by atoms with Crippen LogP contribution in [0.25, 0.3) is 33.1 Å². The van der Waals surface area contributed by atoms with Gasteiger partial charge in [0.15, 0.2) is 0 Å². The predicted molar refractivity (Wildman–Crippen MR) is 129 cm³/mol. The highest BCUT2D eigenvalue weighted by Crippen LogP contribution is 2.27. The summed E-state index contributed by atoms with van der Waals surface area (Å²) in [6.45, 7) is 3.15. The third-order valence-electron chi connectivity index (χ3n) is 6.43. The average molecular weight is 446 g/mol. The normalized spacial score (nSPS) is 15.2. The Morgan fingerprint density at radius 3 is 2.61 bits per heavy atom. The standard InChI is InChI=1S/C26H27N3O4/c1-32-26(31)17-8-10-29(11-9-17)12-13-33-20-6-7-23-19(14-20)16-24(27-23)21-15-18-4-2-3-5-22(18)28-25(21)30/h2-7,14-17,27H,8-13H2,1H3,(H,28,30). The molecular formula is C26H27N3O4. The Balaban J connectivity index is 1.24. The van der Waals surface area contributed by atoms with Crippen LogP contribution >= 0.6 is 0 Å². The molecule has 1 saturated heterocycles. The number of rotatable bonds is 6. The van der Waals surface area contributed by atoms with Crippen molar-refractivity contribution in [2.45, 2.75) is 12.8 Å². The number of H-pyrrole nitrogens is 2. The molecule has 7 nitrogen and oxygen atoms in total. The minimum Gasteiger partial charge on any atom is -0.492 e. The molecule has 0 amide bonds. The number of methoxy groups -OCH3 is 1. The molecule has 170 valence electrons. The van der Waals surface area contributed by atoms with Crippen LogP contribution in [-0.4, -0.2) is 54.2 Å². The van der Waals surface area contributed by atoms with Gasteiger partial charge in [0.2, 0.25) is 0 Å². The van der Waals surface area contributed by atoms with Crippen LogP contribution in [0.5, 0.6) is 5.75 Å². The molecule has 0 aliphatic carbocycles. The second-order valence-electron chi connectivity index (χ2n) is 8.52. The maximum atomic E-state index is 12.6. The van der Waals surface area contributed by atoms with Crippen molar-refractivity contribution in [2.24, 2.45) is 5.92 Å². The van der Waals surface area contributed by atoms with E-state index in [0.717, 1.165) is 65.7 Å². The fraction of sp³-hybridized carbons (Fsp3) is 0.308. The van der Waals surface area contributed by atoms with Crippen molar-refractivity contribution >= 4 is 27.8 Å². The van der Waals surface area contributed by atoms with Gasteiger partial charge >= 0.3 is 5.97 Å². The van der Waals surface area contributed by atoms with E-state index in [-0.39, 0.29) is 17.4 Å². The van der Waals surface area contributed by atoms with E-state index in [1.165, 1.54) is 7.11 Å². The number of carbonyl (C=O) groups excluding carboxylic acids is 1. The second-order valence-corrected chi connectivity index (χ2v) is 8.52. The number of aromatic nitrogens is 2. The van der Waals surface area contributed by atoms with Crippen LogP contribution in [0.3, 0.4) is 0 Å². The number of pyridine rings is 1. The molecule has 0 bridgehead atoms. The van der Waals surface area contributed by atoms with E-state index < -0.39 is 0 Å². The predicted octanol–water partition coefficient (Wildman–Crippen LogP) is 3.94. The molecule has 1 aliphatic heterocycles. The van der Waals surface area contributed by atoms with Crippen LogP contribution in [-0.2, 0) is 9.53 Å². The zero-order valence-electron chi connectivity index (χ0n) is 18.6. The molecule has 3 heterocycles. The number of likely N-dealkylation sites (tertiary alicyclic amines) is 1. The van der Waals surface area contributed by atoms with Crippen molar-refractivity contribution in [3.05, 3.63) is 65.0 Å². The van der Waals surface area contributed by atoms with Crippen LogP contribution in [0.1, 0.15) is 12.8 Å². The van der Waals surface area contributed by atoms with E-state index in [0.29, 0.717) is 12.2 Å². The summed E-state index contributed by atoms with van der Waals surface area (Å²) in [5.41, 5.74) is 3.06. The molecule has 0 unspecified atom stereocenters. The van der Waals surface area contributed by atoms with Gasteiger partial charge in [0, 0.05) is 23.0 Å². The fourth-order valence-electron chi connectivity index (χ4n) is 4.54. The highest BCUT2D eigenvalue weighted by Gasteiger charge is 2.25. The summed E-state index contributed by atoms with van der Waals surface area (Å²) in [4.78, 5) is 32.9. The Morgan fingerprint density at radius 1 is 1.00 bits per heavy atom. The third kappa shape index (κ3) is 4.50. The van der Waals surface area contributed by atoms with Crippen LogP contribution < -0.4 is 10.3 Å². The van der Waals surface area contributed by atoms with Gasteiger partial charge in [0.1, 0.15) is 12.4 Å². The minimum atomic E-state index is -0.118. The number of carbonyl (C=O) groups is 1. The van der Waals surface area contributed by atoms with Gasteiger partial charge in [-0.2, -0.15) is 0 Å². The van der Waals surface area contributed by atoms with Crippen molar-refractivity contribution in [1.29, 1.82) is 0 Å². The van der Waals surface area contributed by atoms with E-state index in [4.69, 9.17) is 9.47 Å². The molecule has 0 saturated carbocycles. The van der Waals surface area contributed by atoms with Gasteiger partial charge in [-0.25, -0.2) is 0 Å². The molecule has 0 atom stereocenters. The molecule has 1 fully saturated rings. The largest absolute Gasteiger partial charge is 0.492 e. The molecule has 2 aromatic heterocycles. The zero-order valence-corrected chi connectivity index (χ0v) is 18.6. The van der Waals surface area contributed by atoms with E-state index in [2.05, 4.69) is 14.9 Å². The highest BCUT2D eigenvalue weighted by molar-refractivity contribution is 5.89. The third-order valence-corrected chi connectivity index (χ3v) is 6.43. The molecule has 2 N–H and O–H groups in total. The lowest BCUT2D eigenvalue weighted by molar-refractivity contribution is -0.147. The molecule has 1 aliphatic rings. The summed E-state index contributed by atoms with van der Waals surface area (Å²) < 4.78 is 10.8. The minimum absolute atomic E-state index is 0.0206. The lowest BCUT2D eigenvalue weighted by Crippen LogP contribution is -2.38. The number of hydrogen-bond donors (Lipinski definition) is 2. The maximum Gasteiger partial charge on any atom is 0.308 e. The average Bonchev–Trinajstić information content (AvgIpc) is 3.26. The SMILES string of the molecule is COC(=O)C1CCN(CCOc2ccc3[nH]c(-c4cc5ccccc5[nH]c4=O)cc3c2)CC1. The van der Waals surface area contributed by atoms with Crippen molar-refractivity contribution < 1.29 is 14.3 Å². The van der Waals surface area contributed by atoms with Crippen molar-refractivity contribution in [3.63, 3.8) is 0 Å². The van der Waals surface area contributed by atoms with E-state index in [1.807, 2.05) is 54.6 Å². The van der Waals surface area contributed by atoms with Crippen molar-refractivity contribution in [3.8, 4) is 17.0 Å². The number of esters is 1. The summed E-state index contributed by atoms with van der Waals surface area (Å²) in [6.07, 6.45) is 1.66. The fourth-order valence-corrected chi connectivity index (χ4v) is 4.54. The van der Waals surface area contributed by atoms with E-state index in [1.54, 1.807) is 0 Å². The number of aromatic amines is 2. The lowest BCUT2D eigenvalue weighted by atomic mass is 9.97. The second kappa shape index (κ2) is 9.11. The Morgan fingerprint density at radius 2 is 1.79 bits per heavy atom. The first kappa shape index (κ1) is 21.3. The van der Waals surface area contributed by atoms with Crippen LogP contribution in [0.2, 0.25) is 0 Å². The Kier molecular flexibility index (Phi) is 5.88. The van der Waals surface area contributed by atoms with Gasteiger partial charge < -0.3 is 19.4 Å². The number of benzene rings is 2. The Hall–Kier alpha value is -3.58. The summed E-state index contributed by atoms with van der Waals surface area (Å²) in [7, 11) is 1.45. The molecule has 5 rings (SSSR count). The molecule has 4 aromatic rings. The van der Waals surface area contributed by atoms with Gasteiger partial charge in [0.05, 0.1) is 24.3 Å². The number of hydrogen-bond acceptors (Lipinski definition) is 5. The Bertz CT molecular complexity index is 1350. The monoisotopic (exact) mass is 445 g/mol. The van der Waals surface area contributed by atoms with Gasteiger partial charge in [-0.15, -0.1) is 0 Å². The smallest absolute Gasteiger partial charge is 0.308 e. The van der Waals surface area contributed by atoms with Crippen LogP contribution in [0.4, 0.5) is 0 Å². The summed E-state index contributed by atoms with van der Waals surface area (Å²) in [6, 6.07) is 17.6. The van der Waals surface area contributed by atoms with Crippen molar-refractivity contribution in [2.75, 3.05) is 33.4 Å². The summed E-state index contributed by atoms with van der Waals surface area (Å²) in [5, 5.41) is 1.99. The van der Waals surface area contributed by atoms with Gasteiger partial charge in [0.25, 0.3) is 5.56 Å². The lowest BCUT2D eigenvalue weighted by Gasteiger charge is -2.30. The molecule has 33 heavy (non-hydrogen) atoms. The first-order valence-corrected chi connectivity index (χ1v) is 11.3. The molecule has 0 radical (unpaired) electrons. The van der Waals surface area contributed by atoms with Crippen molar-refractivity contribution in [1.82, 2.24) is 14.9 Å². The number of ether oxygens (including phenoxy) is 2. The molecule has 7 heteroatoms. The number of nitrogens with one attached hydrogen (secondary N) is 2. The van der Waals surface area contributed by atoms with Gasteiger partial charge in [-0.1, -0.05) is 18.2 Å². The first-order valence-electron chi connectivity index (χ1n) is 11.3.